The molecule has 1 aromatic heterocycles. The van der Waals surface area contributed by atoms with Gasteiger partial charge in [-0.05, 0) is 102 Å². The van der Waals surface area contributed by atoms with E-state index in [1.54, 1.807) is 0 Å². The van der Waals surface area contributed by atoms with Gasteiger partial charge >= 0.3 is 0 Å². The monoisotopic (exact) mass is 569 g/mol. The molecular weight excluding hydrogens is 542 g/mol. The molecule has 0 unspecified atom stereocenters. The number of para-hydroxylation sites is 2. The summed E-state index contributed by atoms with van der Waals surface area (Å²) in [6.07, 6.45) is 0. The zero-order chi connectivity index (χ0) is 29.5. The minimum absolute atomic E-state index is 1.18. The molecule has 0 amide bonds. The molecule has 1 heteroatoms. The zero-order valence-corrected chi connectivity index (χ0v) is 24.5. The summed E-state index contributed by atoms with van der Waals surface area (Å²) in [5, 5.41) is 7.81. The SMILES string of the molecule is c1ccc(-n2c3ccccc3c3c4ccccc4c(-c4ccc(-c5cc6c7c(cccc7c5)-c5ccccc5-6)cc4)cc32)cc1. The van der Waals surface area contributed by atoms with Gasteiger partial charge in [0, 0.05) is 16.5 Å². The van der Waals surface area contributed by atoms with Crippen molar-refractivity contribution in [3.05, 3.63) is 164 Å². The van der Waals surface area contributed by atoms with Crippen molar-refractivity contribution < 1.29 is 0 Å². The molecule has 10 rings (SSSR count). The van der Waals surface area contributed by atoms with Gasteiger partial charge in [0.25, 0.3) is 0 Å². The summed E-state index contributed by atoms with van der Waals surface area (Å²) in [7, 11) is 0. The van der Waals surface area contributed by atoms with Crippen LogP contribution in [0.1, 0.15) is 0 Å². The molecule has 1 aliphatic carbocycles. The first kappa shape index (κ1) is 24.5. The summed E-state index contributed by atoms with van der Waals surface area (Å²) in [4.78, 5) is 0. The second-order valence-electron chi connectivity index (χ2n) is 12.1. The molecule has 208 valence electrons. The van der Waals surface area contributed by atoms with Gasteiger partial charge in [0.05, 0.1) is 11.0 Å². The van der Waals surface area contributed by atoms with E-state index in [1.165, 1.54) is 93.5 Å². The summed E-state index contributed by atoms with van der Waals surface area (Å²) < 4.78 is 2.42. The lowest BCUT2D eigenvalue weighted by atomic mass is 9.92. The van der Waals surface area contributed by atoms with Crippen molar-refractivity contribution in [3.63, 3.8) is 0 Å². The fraction of sp³-hybridized carbons (Fsp3) is 0. The number of aromatic nitrogens is 1. The Morgan fingerprint density at radius 1 is 0.311 bits per heavy atom. The van der Waals surface area contributed by atoms with Gasteiger partial charge in [-0.25, -0.2) is 0 Å². The van der Waals surface area contributed by atoms with Crippen LogP contribution in [-0.2, 0) is 0 Å². The van der Waals surface area contributed by atoms with Gasteiger partial charge in [-0.15, -0.1) is 0 Å². The Kier molecular flexibility index (Phi) is 5.06. The number of rotatable bonds is 3. The Hall–Kier alpha value is -5.92. The molecular formula is C44H27N. The van der Waals surface area contributed by atoms with E-state index < -0.39 is 0 Å². The first-order valence-electron chi connectivity index (χ1n) is 15.6. The van der Waals surface area contributed by atoms with E-state index in [0.717, 1.165) is 0 Å². The fourth-order valence-electron chi connectivity index (χ4n) is 7.75. The minimum atomic E-state index is 1.18. The maximum absolute atomic E-state index is 2.42. The molecule has 0 fully saturated rings. The zero-order valence-electron chi connectivity index (χ0n) is 24.5. The summed E-state index contributed by atoms with van der Waals surface area (Å²) in [6.45, 7) is 0. The van der Waals surface area contributed by atoms with Gasteiger partial charge in [0.2, 0.25) is 0 Å². The topological polar surface area (TPSA) is 4.93 Å². The summed E-state index contributed by atoms with van der Waals surface area (Å²) >= 11 is 0. The van der Waals surface area contributed by atoms with Crippen molar-refractivity contribution in [3.8, 4) is 50.2 Å². The second kappa shape index (κ2) is 9.29. The number of fused-ring (bicyclic) bond motifs is 8. The number of hydrogen-bond acceptors (Lipinski definition) is 0. The molecule has 0 saturated heterocycles. The third kappa shape index (κ3) is 3.50. The number of benzene rings is 8. The molecule has 8 aromatic carbocycles. The van der Waals surface area contributed by atoms with Gasteiger partial charge in [-0.1, -0.05) is 127 Å². The van der Waals surface area contributed by atoms with Crippen LogP contribution >= 0.6 is 0 Å². The predicted molar refractivity (Wildman–Crippen MR) is 191 cm³/mol. The molecule has 45 heavy (non-hydrogen) atoms. The lowest BCUT2D eigenvalue weighted by molar-refractivity contribution is 1.18. The van der Waals surface area contributed by atoms with Crippen LogP contribution in [0.4, 0.5) is 0 Å². The molecule has 0 radical (unpaired) electrons. The molecule has 1 nitrogen and oxygen atoms in total. The van der Waals surface area contributed by atoms with Crippen molar-refractivity contribution in [1.29, 1.82) is 0 Å². The average molecular weight is 570 g/mol. The molecule has 0 N–H and O–H groups in total. The maximum Gasteiger partial charge on any atom is 0.0553 e. The second-order valence-corrected chi connectivity index (χ2v) is 12.1. The van der Waals surface area contributed by atoms with Crippen molar-refractivity contribution in [2.75, 3.05) is 0 Å². The van der Waals surface area contributed by atoms with Gasteiger partial charge in [0.1, 0.15) is 0 Å². The first-order valence-corrected chi connectivity index (χ1v) is 15.6. The molecule has 0 atom stereocenters. The van der Waals surface area contributed by atoms with E-state index in [4.69, 9.17) is 0 Å². The normalized spacial score (nSPS) is 12.0. The van der Waals surface area contributed by atoms with E-state index >= 15 is 0 Å². The third-order valence-electron chi connectivity index (χ3n) is 9.71. The largest absolute Gasteiger partial charge is 0.309 e. The van der Waals surface area contributed by atoms with Gasteiger partial charge in [0.15, 0.2) is 0 Å². The molecule has 0 saturated carbocycles. The van der Waals surface area contributed by atoms with Crippen LogP contribution in [-0.4, -0.2) is 4.57 Å². The third-order valence-corrected chi connectivity index (χ3v) is 9.71. The molecule has 1 aliphatic rings. The highest BCUT2D eigenvalue weighted by molar-refractivity contribution is 6.24. The van der Waals surface area contributed by atoms with E-state index in [1.807, 2.05) is 0 Å². The maximum atomic E-state index is 2.42. The van der Waals surface area contributed by atoms with E-state index in [0.29, 0.717) is 0 Å². The van der Waals surface area contributed by atoms with E-state index in [-0.39, 0.29) is 0 Å². The Labute approximate surface area is 261 Å². The fourth-order valence-corrected chi connectivity index (χ4v) is 7.75. The van der Waals surface area contributed by atoms with Gasteiger partial charge in [-0.2, -0.15) is 0 Å². The highest BCUT2D eigenvalue weighted by atomic mass is 15.0. The smallest absolute Gasteiger partial charge is 0.0553 e. The average Bonchev–Trinajstić information content (AvgIpc) is 3.62. The first-order chi connectivity index (χ1) is 22.3. The van der Waals surface area contributed by atoms with Crippen LogP contribution < -0.4 is 0 Å². The van der Waals surface area contributed by atoms with E-state index in [2.05, 4.69) is 168 Å². The quantitative estimate of drug-likeness (QED) is 0.199. The van der Waals surface area contributed by atoms with Crippen molar-refractivity contribution >= 4 is 43.4 Å². The summed E-state index contributed by atoms with van der Waals surface area (Å²) in [5.41, 5.74) is 13.9. The van der Waals surface area contributed by atoms with Crippen molar-refractivity contribution in [1.82, 2.24) is 4.57 Å². The Morgan fingerprint density at radius 3 is 1.78 bits per heavy atom. The summed E-state index contributed by atoms with van der Waals surface area (Å²) in [5.74, 6) is 0. The standard InChI is InChI=1S/C44H27N/c1-2-12-32(13-3-1)45-41-20-9-8-18-38(41)44-37-17-7-6-16-35(37)39(27-42(44)45)29-23-21-28(22-24-29)31-25-30-11-10-19-36-33-14-4-5-15-34(33)40(26-31)43(30)36/h1-27H. The number of hydrogen-bond donors (Lipinski definition) is 0. The Morgan fingerprint density at radius 2 is 0.956 bits per heavy atom. The molecule has 0 aliphatic heterocycles. The van der Waals surface area contributed by atoms with Gasteiger partial charge in [-0.3, -0.25) is 0 Å². The Balaban J connectivity index is 1.17. The molecule has 0 bridgehead atoms. The Bertz CT molecular complexity index is 2620. The lowest BCUT2D eigenvalue weighted by Crippen LogP contribution is -1.94. The molecule has 1 heterocycles. The van der Waals surface area contributed by atoms with Crippen LogP contribution in [0, 0.1) is 0 Å². The highest BCUT2D eigenvalue weighted by Gasteiger charge is 2.22. The van der Waals surface area contributed by atoms with Crippen LogP contribution in [0.5, 0.6) is 0 Å². The van der Waals surface area contributed by atoms with Crippen LogP contribution in [0.2, 0.25) is 0 Å². The highest BCUT2D eigenvalue weighted by Crippen LogP contribution is 2.49. The lowest BCUT2D eigenvalue weighted by Gasteiger charge is -2.13. The minimum Gasteiger partial charge on any atom is -0.309 e. The van der Waals surface area contributed by atoms with Crippen molar-refractivity contribution in [2.45, 2.75) is 0 Å². The van der Waals surface area contributed by atoms with Gasteiger partial charge < -0.3 is 4.57 Å². The molecule has 0 spiro atoms. The summed E-state index contributed by atoms with van der Waals surface area (Å²) in [6, 6.07) is 60.2. The van der Waals surface area contributed by atoms with Crippen LogP contribution in [0.3, 0.4) is 0 Å². The van der Waals surface area contributed by atoms with Crippen LogP contribution in [0.25, 0.3) is 93.5 Å². The number of nitrogens with zero attached hydrogens (tertiary/aromatic N) is 1. The predicted octanol–water partition coefficient (Wildman–Crippen LogP) is 12.1. The van der Waals surface area contributed by atoms with Crippen molar-refractivity contribution in [2.24, 2.45) is 0 Å². The van der Waals surface area contributed by atoms with Crippen LogP contribution in [0.15, 0.2) is 164 Å². The van der Waals surface area contributed by atoms with E-state index in [9.17, 15) is 0 Å². The molecule has 9 aromatic rings.